The van der Waals surface area contributed by atoms with E-state index in [-0.39, 0.29) is 5.82 Å². The van der Waals surface area contributed by atoms with Crippen molar-refractivity contribution in [1.29, 1.82) is 0 Å². The molecule has 2 heteroatoms. The molecular weight excluding hydrogens is 167 g/mol. The second-order valence-corrected chi connectivity index (χ2v) is 2.88. The molecule has 0 amide bonds. The maximum Gasteiger partial charge on any atom is 0.130 e. The van der Waals surface area contributed by atoms with Gasteiger partial charge in [-0.15, -0.1) is 0 Å². The topological polar surface area (TPSA) is 9.23 Å². The molecule has 0 aliphatic rings. The Morgan fingerprint density at radius 1 is 1.46 bits per heavy atom. The van der Waals surface area contributed by atoms with Crippen LogP contribution in [-0.4, -0.2) is 7.11 Å². The fourth-order valence-electron chi connectivity index (χ4n) is 1.27. The van der Waals surface area contributed by atoms with Gasteiger partial charge in [0.25, 0.3) is 0 Å². The second-order valence-electron chi connectivity index (χ2n) is 2.88. The molecule has 13 heavy (non-hydrogen) atoms. The highest BCUT2D eigenvalue weighted by Gasteiger charge is 2.07. The van der Waals surface area contributed by atoms with Gasteiger partial charge in [-0.2, -0.15) is 0 Å². The molecule has 0 unspecified atom stereocenters. The van der Waals surface area contributed by atoms with Crippen LogP contribution in [0.15, 0.2) is 18.2 Å². The van der Waals surface area contributed by atoms with Crippen LogP contribution in [0.4, 0.5) is 4.39 Å². The smallest absolute Gasteiger partial charge is 0.130 e. The van der Waals surface area contributed by atoms with Crippen LogP contribution in [-0.2, 0) is 6.42 Å². The number of rotatable bonds is 4. The third kappa shape index (κ3) is 2.44. The Hall–Kier alpha value is -1.05. The summed E-state index contributed by atoms with van der Waals surface area (Å²) in [6, 6.07) is 4.89. The van der Waals surface area contributed by atoms with Gasteiger partial charge in [0.05, 0.1) is 7.11 Å². The molecule has 0 fully saturated rings. The molecule has 0 saturated heterocycles. The largest absolute Gasteiger partial charge is 0.496 e. The van der Waals surface area contributed by atoms with Gasteiger partial charge in [-0.05, 0) is 25.0 Å². The minimum Gasteiger partial charge on any atom is -0.496 e. The van der Waals surface area contributed by atoms with Gasteiger partial charge in [0.15, 0.2) is 0 Å². The lowest BCUT2D eigenvalue weighted by Gasteiger charge is -2.08. The van der Waals surface area contributed by atoms with Gasteiger partial charge in [-0.3, -0.25) is 0 Å². The zero-order chi connectivity index (χ0) is 9.68. The molecule has 71 valence electrons. The summed E-state index contributed by atoms with van der Waals surface area (Å²) in [6.07, 6.45) is 2.40. The molecule has 0 N–H and O–H groups in total. The van der Waals surface area contributed by atoms with Crippen molar-refractivity contribution < 1.29 is 9.13 Å². The summed E-state index contributed by atoms with van der Waals surface area (Å²) in [7, 11) is 1.56. The van der Waals surface area contributed by atoms with E-state index in [9.17, 15) is 4.39 Å². The van der Waals surface area contributed by atoms with E-state index in [1.54, 1.807) is 19.2 Å². The lowest BCUT2D eigenvalue weighted by Crippen LogP contribution is -1.95. The molecule has 1 aromatic rings. The highest BCUT2D eigenvalue weighted by molar-refractivity contribution is 5.34. The van der Waals surface area contributed by atoms with E-state index in [1.165, 1.54) is 6.07 Å². The zero-order valence-electron chi connectivity index (χ0n) is 7.85. The van der Waals surface area contributed by atoms with E-state index in [4.69, 9.17) is 4.74 Å². The summed E-state index contributed by atoms with van der Waals surface area (Å²) < 4.78 is 18.3. The lowest BCUT2D eigenvalue weighted by molar-refractivity contribution is 0.404. The predicted octanol–water partition coefficient (Wildman–Crippen LogP) is 2.99. The first-order valence-electron chi connectivity index (χ1n) is 4.40. The number of hydrogen-bond acceptors (Lipinski definition) is 1. The Labute approximate surface area is 78.5 Å². The summed E-state index contributed by atoms with van der Waals surface area (Å²) in [5.74, 6) is 0.446. The van der Waals surface area contributed by atoms with Gasteiger partial charge < -0.3 is 4.74 Å². The maximum absolute atomic E-state index is 13.3. The molecule has 0 spiro atoms. The summed E-state index contributed by atoms with van der Waals surface area (Å²) in [5.41, 5.74) is 0.661. The van der Waals surface area contributed by atoms with Crippen LogP contribution in [0, 0.1) is 12.7 Å². The fourth-order valence-corrected chi connectivity index (χ4v) is 1.27. The van der Waals surface area contributed by atoms with Crippen LogP contribution in [0.25, 0.3) is 0 Å². The van der Waals surface area contributed by atoms with E-state index in [1.807, 2.05) is 0 Å². The van der Waals surface area contributed by atoms with E-state index < -0.39 is 0 Å². The van der Waals surface area contributed by atoms with Crippen LogP contribution >= 0.6 is 0 Å². The van der Waals surface area contributed by atoms with Gasteiger partial charge >= 0.3 is 0 Å². The number of methoxy groups -OCH3 is 1. The van der Waals surface area contributed by atoms with E-state index >= 15 is 0 Å². The highest BCUT2D eigenvalue weighted by atomic mass is 19.1. The average Bonchev–Trinajstić information content (AvgIpc) is 2.15. The SMILES string of the molecule is [CH2]CCCc1c(F)cccc1OC. The monoisotopic (exact) mass is 181 g/mol. The van der Waals surface area contributed by atoms with Crippen molar-refractivity contribution in [1.82, 2.24) is 0 Å². The summed E-state index contributed by atoms with van der Waals surface area (Å²) in [4.78, 5) is 0. The first kappa shape index (κ1) is 10.0. The number of benzene rings is 1. The Morgan fingerprint density at radius 2 is 2.23 bits per heavy atom. The Kier molecular flexibility index (Phi) is 3.74. The van der Waals surface area contributed by atoms with Crippen LogP contribution in [0.3, 0.4) is 0 Å². The zero-order valence-corrected chi connectivity index (χ0v) is 7.85. The molecule has 0 heterocycles. The summed E-state index contributed by atoms with van der Waals surface area (Å²) in [5, 5.41) is 0. The molecule has 0 aliphatic carbocycles. The van der Waals surface area contributed by atoms with Crippen LogP contribution in [0.1, 0.15) is 18.4 Å². The third-order valence-electron chi connectivity index (χ3n) is 1.97. The van der Waals surface area contributed by atoms with E-state index in [0.717, 1.165) is 12.8 Å². The van der Waals surface area contributed by atoms with Crippen LogP contribution < -0.4 is 4.74 Å². The van der Waals surface area contributed by atoms with E-state index in [2.05, 4.69) is 6.92 Å². The van der Waals surface area contributed by atoms with Crippen molar-refractivity contribution in [3.63, 3.8) is 0 Å². The quantitative estimate of drug-likeness (QED) is 0.693. The lowest BCUT2D eigenvalue weighted by atomic mass is 10.1. The van der Waals surface area contributed by atoms with Gasteiger partial charge in [0, 0.05) is 5.56 Å². The molecule has 0 aromatic heterocycles. The van der Waals surface area contributed by atoms with Gasteiger partial charge in [0.2, 0.25) is 0 Å². The molecule has 1 rings (SSSR count). The Bertz CT molecular complexity index is 271. The van der Waals surface area contributed by atoms with Crippen LogP contribution in [0.2, 0.25) is 0 Å². The van der Waals surface area contributed by atoms with Crippen molar-refractivity contribution in [2.75, 3.05) is 7.11 Å². The molecule has 0 atom stereocenters. The molecule has 1 radical (unpaired) electrons. The predicted molar refractivity (Wildman–Crippen MR) is 51.2 cm³/mol. The molecule has 0 bridgehead atoms. The van der Waals surface area contributed by atoms with Crippen molar-refractivity contribution >= 4 is 0 Å². The summed E-state index contributed by atoms with van der Waals surface area (Å²) in [6.45, 7) is 3.72. The highest BCUT2D eigenvalue weighted by Crippen LogP contribution is 2.22. The molecule has 0 saturated carbocycles. The first-order chi connectivity index (χ1) is 6.29. The first-order valence-corrected chi connectivity index (χ1v) is 4.40. The second kappa shape index (κ2) is 4.85. The Balaban J connectivity index is 2.87. The number of ether oxygens (including phenoxy) is 1. The standard InChI is InChI=1S/C11H14FO/c1-3-4-6-9-10(12)7-5-8-11(9)13-2/h5,7-8H,1,3-4,6H2,2H3. The molecular formula is C11H14FO. The van der Waals surface area contributed by atoms with Gasteiger partial charge in [-0.1, -0.05) is 19.4 Å². The minimum absolute atomic E-state index is 0.187. The Morgan fingerprint density at radius 3 is 2.85 bits per heavy atom. The van der Waals surface area contributed by atoms with Gasteiger partial charge in [-0.25, -0.2) is 4.39 Å². The average molecular weight is 181 g/mol. The molecule has 1 nitrogen and oxygen atoms in total. The van der Waals surface area contributed by atoms with Gasteiger partial charge in [0.1, 0.15) is 11.6 Å². The maximum atomic E-state index is 13.3. The van der Waals surface area contributed by atoms with Crippen molar-refractivity contribution in [3.05, 3.63) is 36.5 Å². The number of halogens is 1. The van der Waals surface area contributed by atoms with Crippen molar-refractivity contribution in [2.45, 2.75) is 19.3 Å². The fraction of sp³-hybridized carbons (Fsp3) is 0.364. The van der Waals surface area contributed by atoms with Crippen molar-refractivity contribution in [3.8, 4) is 5.75 Å². The molecule has 1 aromatic carbocycles. The van der Waals surface area contributed by atoms with Crippen molar-refractivity contribution in [2.24, 2.45) is 0 Å². The normalized spacial score (nSPS) is 10.1. The molecule has 0 aliphatic heterocycles. The van der Waals surface area contributed by atoms with E-state index in [0.29, 0.717) is 17.7 Å². The third-order valence-corrected chi connectivity index (χ3v) is 1.97. The summed E-state index contributed by atoms with van der Waals surface area (Å²) >= 11 is 0. The van der Waals surface area contributed by atoms with Crippen LogP contribution in [0.5, 0.6) is 5.75 Å². The number of unbranched alkanes of at least 4 members (excludes halogenated alkanes) is 1. The number of hydrogen-bond donors (Lipinski definition) is 0. The minimum atomic E-state index is -0.187.